The number of methoxy groups -OCH3 is 1. The summed E-state index contributed by atoms with van der Waals surface area (Å²) in [7, 11) is 1.39. The predicted molar refractivity (Wildman–Crippen MR) is 175 cm³/mol. The number of carbonyl (C=O) groups excluding carboxylic acids is 3. The Balaban J connectivity index is 1.41. The average molecular weight is 719 g/mol. The van der Waals surface area contributed by atoms with Gasteiger partial charge in [-0.1, -0.05) is 57.9 Å². The molecule has 9 nitrogen and oxygen atoms in total. The number of carbonyl (C=O) groups is 3. The first-order valence-corrected chi connectivity index (χ1v) is 14.8. The molecule has 0 aliphatic carbocycles. The molecule has 0 atom stereocenters. The van der Waals surface area contributed by atoms with Crippen LogP contribution in [-0.4, -0.2) is 36.2 Å². The van der Waals surface area contributed by atoms with Crippen LogP contribution in [0.1, 0.15) is 38.9 Å². The Morgan fingerprint density at radius 2 is 1.68 bits per heavy atom. The van der Waals surface area contributed by atoms with E-state index in [4.69, 9.17) is 14.2 Å². The Bertz CT molecular complexity index is 1940. The number of nitrogens with zero attached hydrogens (tertiary/aromatic N) is 1. The van der Waals surface area contributed by atoms with Crippen LogP contribution in [0.3, 0.4) is 0 Å². The third-order valence-electron chi connectivity index (χ3n) is 6.50. The van der Waals surface area contributed by atoms with Crippen LogP contribution in [0.15, 0.2) is 92.9 Å². The minimum atomic E-state index is -0.694. The lowest BCUT2D eigenvalue weighted by atomic mass is 10.0. The summed E-state index contributed by atoms with van der Waals surface area (Å²) < 4.78 is 17.2. The maximum Gasteiger partial charge on any atom is 0.343 e. The maximum atomic E-state index is 13.4. The van der Waals surface area contributed by atoms with Crippen molar-refractivity contribution in [3.05, 3.63) is 110 Å². The SMILES string of the molecule is COc1cc(C(=O)Oc2c(Br)cc(Br)cc2C=NNC(=O)c2[nH]c3ccc(C)cc3c2-c2ccccc2)ccc1OC(C)=O. The molecule has 2 N–H and O–H groups in total. The Kier molecular flexibility index (Phi) is 9.26. The molecule has 0 saturated carbocycles. The van der Waals surface area contributed by atoms with Crippen LogP contribution in [0.5, 0.6) is 17.2 Å². The number of amides is 1. The monoisotopic (exact) mass is 717 g/mol. The van der Waals surface area contributed by atoms with E-state index in [0.717, 1.165) is 27.6 Å². The van der Waals surface area contributed by atoms with E-state index in [1.165, 1.54) is 38.4 Å². The molecule has 222 valence electrons. The van der Waals surface area contributed by atoms with Gasteiger partial charge in [-0.3, -0.25) is 9.59 Å². The van der Waals surface area contributed by atoms with Crippen LogP contribution >= 0.6 is 31.9 Å². The van der Waals surface area contributed by atoms with E-state index in [0.29, 0.717) is 20.2 Å². The number of benzene rings is 4. The lowest BCUT2D eigenvalue weighted by molar-refractivity contribution is -0.132. The van der Waals surface area contributed by atoms with Gasteiger partial charge in [0.05, 0.1) is 23.4 Å². The minimum Gasteiger partial charge on any atom is -0.493 e. The Labute approximate surface area is 269 Å². The van der Waals surface area contributed by atoms with Gasteiger partial charge in [0, 0.05) is 33.4 Å². The number of rotatable bonds is 8. The number of hydrogen-bond acceptors (Lipinski definition) is 7. The fourth-order valence-corrected chi connectivity index (χ4v) is 5.91. The van der Waals surface area contributed by atoms with Gasteiger partial charge in [0.25, 0.3) is 5.91 Å². The van der Waals surface area contributed by atoms with Gasteiger partial charge in [0.2, 0.25) is 0 Å². The number of halogens is 2. The van der Waals surface area contributed by atoms with Crippen LogP contribution in [0, 0.1) is 6.92 Å². The predicted octanol–water partition coefficient (Wildman–Crippen LogP) is 7.59. The van der Waals surface area contributed by atoms with Crippen LogP contribution < -0.4 is 19.6 Å². The van der Waals surface area contributed by atoms with Gasteiger partial charge >= 0.3 is 11.9 Å². The molecule has 0 aliphatic rings. The lowest BCUT2D eigenvalue weighted by Gasteiger charge is -2.12. The molecular weight excluding hydrogens is 694 g/mol. The molecule has 0 aliphatic heterocycles. The summed E-state index contributed by atoms with van der Waals surface area (Å²) in [6.07, 6.45) is 1.38. The third kappa shape index (κ3) is 6.74. The molecular formula is C33H25Br2N3O6. The number of H-pyrrole nitrogens is 1. The van der Waals surface area contributed by atoms with Gasteiger partial charge in [-0.05, 0) is 70.9 Å². The van der Waals surface area contributed by atoms with E-state index in [9.17, 15) is 14.4 Å². The van der Waals surface area contributed by atoms with Crippen molar-refractivity contribution in [1.82, 2.24) is 10.4 Å². The quantitative estimate of drug-likeness (QED) is 0.0739. The molecule has 0 saturated heterocycles. The summed E-state index contributed by atoms with van der Waals surface area (Å²) in [6.45, 7) is 3.27. The summed E-state index contributed by atoms with van der Waals surface area (Å²) in [4.78, 5) is 41.1. The molecule has 0 bridgehead atoms. The van der Waals surface area contributed by atoms with E-state index in [2.05, 4.69) is 47.4 Å². The van der Waals surface area contributed by atoms with Crippen molar-refractivity contribution in [3.8, 4) is 28.4 Å². The number of ether oxygens (including phenoxy) is 3. The van der Waals surface area contributed by atoms with Crippen molar-refractivity contribution in [2.45, 2.75) is 13.8 Å². The number of nitrogens with one attached hydrogen (secondary N) is 2. The zero-order valence-corrected chi connectivity index (χ0v) is 26.9. The fourth-order valence-electron chi connectivity index (χ4n) is 4.57. The number of aryl methyl sites for hydroxylation is 1. The summed E-state index contributed by atoms with van der Waals surface area (Å²) in [5, 5.41) is 5.11. The molecule has 0 unspecified atom stereocenters. The standard InChI is InChI=1S/C33H25Br2N3O6/c1-18-9-11-26-24(13-18)29(20-7-5-4-6-8-20)30(37-26)32(40)38-36-17-22-14-23(34)16-25(35)31(22)44-33(41)21-10-12-27(43-19(2)39)28(15-21)42-3/h4-17,37H,1-3H3,(H,38,40). The topological polar surface area (TPSA) is 119 Å². The van der Waals surface area contributed by atoms with Crippen molar-refractivity contribution < 1.29 is 28.6 Å². The fraction of sp³-hybridized carbons (Fsp3) is 0.0909. The lowest BCUT2D eigenvalue weighted by Crippen LogP contribution is -2.19. The van der Waals surface area contributed by atoms with Crippen LogP contribution in [-0.2, 0) is 4.79 Å². The van der Waals surface area contributed by atoms with Gasteiger partial charge in [-0.25, -0.2) is 10.2 Å². The number of esters is 2. The minimum absolute atomic E-state index is 0.159. The Morgan fingerprint density at radius 1 is 0.909 bits per heavy atom. The first kappa shape index (κ1) is 30.7. The summed E-state index contributed by atoms with van der Waals surface area (Å²) >= 11 is 6.88. The second-order valence-corrected chi connectivity index (χ2v) is 11.4. The summed E-state index contributed by atoms with van der Waals surface area (Å²) in [5.41, 5.74) is 7.07. The number of fused-ring (bicyclic) bond motifs is 1. The third-order valence-corrected chi connectivity index (χ3v) is 7.55. The molecule has 1 aromatic heterocycles. The molecule has 4 aromatic carbocycles. The number of aromatic nitrogens is 1. The Hall–Kier alpha value is -4.74. The second kappa shape index (κ2) is 13.3. The molecule has 0 spiro atoms. The van der Waals surface area contributed by atoms with Crippen molar-refractivity contribution in [2.24, 2.45) is 5.10 Å². The Morgan fingerprint density at radius 3 is 2.41 bits per heavy atom. The maximum absolute atomic E-state index is 13.4. The van der Waals surface area contributed by atoms with E-state index in [-0.39, 0.29) is 22.8 Å². The molecule has 1 heterocycles. The second-order valence-electron chi connectivity index (χ2n) is 9.64. The largest absolute Gasteiger partial charge is 0.493 e. The summed E-state index contributed by atoms with van der Waals surface area (Å²) in [6, 6.07) is 23.3. The van der Waals surface area contributed by atoms with Crippen LogP contribution in [0.25, 0.3) is 22.0 Å². The van der Waals surface area contributed by atoms with Crippen LogP contribution in [0.2, 0.25) is 0 Å². The van der Waals surface area contributed by atoms with Crippen LogP contribution in [0.4, 0.5) is 0 Å². The number of aromatic amines is 1. The normalized spacial score (nSPS) is 11.0. The number of hydrazone groups is 1. The van der Waals surface area contributed by atoms with E-state index in [1.807, 2.05) is 55.5 Å². The van der Waals surface area contributed by atoms with Gasteiger partial charge < -0.3 is 19.2 Å². The van der Waals surface area contributed by atoms with E-state index < -0.39 is 17.8 Å². The van der Waals surface area contributed by atoms with Gasteiger partial charge in [0.1, 0.15) is 5.69 Å². The molecule has 5 aromatic rings. The molecule has 5 rings (SSSR count). The molecule has 0 radical (unpaired) electrons. The highest BCUT2D eigenvalue weighted by molar-refractivity contribution is 9.11. The first-order valence-electron chi connectivity index (χ1n) is 13.2. The van der Waals surface area contributed by atoms with E-state index >= 15 is 0 Å². The highest BCUT2D eigenvalue weighted by Crippen LogP contribution is 2.35. The van der Waals surface area contributed by atoms with Crippen molar-refractivity contribution in [1.29, 1.82) is 0 Å². The summed E-state index contributed by atoms with van der Waals surface area (Å²) in [5.74, 6) is -1.13. The molecule has 1 amide bonds. The number of hydrogen-bond donors (Lipinski definition) is 2. The van der Waals surface area contributed by atoms with Crippen molar-refractivity contribution in [3.63, 3.8) is 0 Å². The van der Waals surface area contributed by atoms with E-state index in [1.54, 1.807) is 12.1 Å². The highest BCUT2D eigenvalue weighted by atomic mass is 79.9. The first-order chi connectivity index (χ1) is 21.1. The van der Waals surface area contributed by atoms with Gasteiger partial charge in [0.15, 0.2) is 17.2 Å². The molecule has 0 fully saturated rings. The average Bonchev–Trinajstić information content (AvgIpc) is 3.37. The molecule has 11 heteroatoms. The van der Waals surface area contributed by atoms with Gasteiger partial charge in [-0.15, -0.1) is 0 Å². The van der Waals surface area contributed by atoms with Crippen molar-refractivity contribution >= 4 is 66.8 Å². The zero-order valence-electron chi connectivity index (χ0n) is 23.7. The van der Waals surface area contributed by atoms with Gasteiger partial charge in [-0.2, -0.15) is 5.10 Å². The van der Waals surface area contributed by atoms with Crippen molar-refractivity contribution in [2.75, 3.05) is 7.11 Å². The highest BCUT2D eigenvalue weighted by Gasteiger charge is 2.20. The molecule has 44 heavy (non-hydrogen) atoms. The zero-order chi connectivity index (χ0) is 31.4. The smallest absolute Gasteiger partial charge is 0.343 e.